The van der Waals surface area contributed by atoms with Crippen molar-refractivity contribution in [2.75, 3.05) is 0 Å². The topological polar surface area (TPSA) is 0 Å². The van der Waals surface area contributed by atoms with E-state index in [4.69, 9.17) is 0 Å². The van der Waals surface area contributed by atoms with E-state index in [9.17, 15) is 0 Å². The molecule has 4 aromatic rings. The Bertz CT molecular complexity index is 1060. The second-order valence-electron chi connectivity index (χ2n) is 7.19. The number of allylic oxidation sites excluding steroid dienone is 1. The summed E-state index contributed by atoms with van der Waals surface area (Å²) in [6.45, 7) is 6.22. The summed E-state index contributed by atoms with van der Waals surface area (Å²) in [7, 11) is 0. The van der Waals surface area contributed by atoms with Crippen molar-refractivity contribution in [2.24, 2.45) is 0 Å². The molecule has 0 heterocycles. The molecule has 1 atom stereocenters. The Balaban J connectivity index is 1.64. The van der Waals surface area contributed by atoms with Crippen molar-refractivity contribution >= 4 is 0 Å². The number of rotatable bonds is 5. The average Bonchev–Trinajstić information content (AvgIpc) is 2.76. The first-order chi connectivity index (χ1) is 13.7. The summed E-state index contributed by atoms with van der Waals surface area (Å²) in [6, 6.07) is 36.8. The van der Waals surface area contributed by atoms with Crippen LogP contribution >= 0.6 is 0 Å². The van der Waals surface area contributed by atoms with E-state index in [1.54, 1.807) is 0 Å². The van der Waals surface area contributed by atoms with Gasteiger partial charge >= 0.3 is 0 Å². The molecule has 0 bridgehead atoms. The van der Waals surface area contributed by atoms with Crippen LogP contribution in [-0.4, -0.2) is 0 Å². The van der Waals surface area contributed by atoms with Crippen LogP contribution in [0.3, 0.4) is 0 Å². The van der Waals surface area contributed by atoms with Crippen LogP contribution in [0.25, 0.3) is 22.3 Å². The Morgan fingerprint density at radius 3 is 1.79 bits per heavy atom. The highest BCUT2D eigenvalue weighted by Crippen LogP contribution is 2.31. The Kier molecular flexibility index (Phi) is 5.21. The lowest BCUT2D eigenvalue weighted by atomic mass is 9.88. The van der Waals surface area contributed by atoms with E-state index in [1.165, 1.54) is 38.9 Å². The molecule has 0 aliphatic rings. The quantitative estimate of drug-likeness (QED) is 0.321. The summed E-state index contributed by atoms with van der Waals surface area (Å²) < 4.78 is 0. The van der Waals surface area contributed by atoms with Crippen LogP contribution in [0.2, 0.25) is 0 Å². The summed E-state index contributed by atoms with van der Waals surface area (Å²) in [5, 5.41) is 0. The van der Waals surface area contributed by atoms with Crippen LogP contribution in [0.4, 0.5) is 0 Å². The van der Waals surface area contributed by atoms with E-state index in [1.807, 2.05) is 6.08 Å². The molecule has 0 radical (unpaired) electrons. The fourth-order valence-corrected chi connectivity index (χ4v) is 3.64. The fraction of sp³-hybridized carbons (Fsp3) is 0.0714. The Morgan fingerprint density at radius 2 is 1.14 bits per heavy atom. The Morgan fingerprint density at radius 1 is 0.571 bits per heavy atom. The fourth-order valence-electron chi connectivity index (χ4n) is 3.64. The summed E-state index contributed by atoms with van der Waals surface area (Å²) in [5.41, 5.74) is 8.77. The standard InChI is InChI=1S/C28H24/c1-3-28(27-11-7-10-26(20-27)22-8-5-4-6-9-22)25-18-16-24(17-19-25)23-14-12-21(2)13-15-23/h3-20,28H,1H2,2H3. The zero-order valence-corrected chi connectivity index (χ0v) is 16.2. The van der Waals surface area contributed by atoms with Crippen LogP contribution in [0, 0.1) is 6.92 Å². The summed E-state index contributed by atoms with van der Waals surface area (Å²) in [4.78, 5) is 0. The van der Waals surface area contributed by atoms with Crippen molar-refractivity contribution in [3.8, 4) is 22.3 Å². The minimum absolute atomic E-state index is 0.177. The summed E-state index contributed by atoms with van der Waals surface area (Å²) in [5.74, 6) is 0.177. The van der Waals surface area contributed by atoms with Gasteiger partial charge in [0.05, 0.1) is 0 Å². The van der Waals surface area contributed by atoms with Gasteiger partial charge in [-0.1, -0.05) is 115 Å². The van der Waals surface area contributed by atoms with E-state index in [0.717, 1.165) is 0 Å². The van der Waals surface area contributed by atoms with Gasteiger partial charge in [0.2, 0.25) is 0 Å². The van der Waals surface area contributed by atoms with Crippen molar-refractivity contribution in [3.63, 3.8) is 0 Å². The van der Waals surface area contributed by atoms with Gasteiger partial charge in [-0.25, -0.2) is 0 Å². The van der Waals surface area contributed by atoms with Gasteiger partial charge < -0.3 is 0 Å². The molecule has 4 rings (SSSR count). The molecule has 0 aliphatic heterocycles. The first-order valence-corrected chi connectivity index (χ1v) is 9.69. The lowest BCUT2D eigenvalue weighted by molar-refractivity contribution is 1.03. The van der Waals surface area contributed by atoms with Crippen molar-refractivity contribution in [1.29, 1.82) is 0 Å². The third-order valence-electron chi connectivity index (χ3n) is 5.24. The van der Waals surface area contributed by atoms with Crippen molar-refractivity contribution in [2.45, 2.75) is 12.8 Å². The highest BCUT2D eigenvalue weighted by atomic mass is 14.2. The first-order valence-electron chi connectivity index (χ1n) is 9.69. The predicted octanol–water partition coefficient (Wildman–Crippen LogP) is 7.65. The van der Waals surface area contributed by atoms with Crippen LogP contribution in [0.1, 0.15) is 22.6 Å². The van der Waals surface area contributed by atoms with Crippen LogP contribution in [0.15, 0.2) is 116 Å². The van der Waals surface area contributed by atoms with Crippen LogP contribution in [0.5, 0.6) is 0 Å². The maximum atomic E-state index is 4.11. The maximum absolute atomic E-state index is 4.11. The van der Waals surface area contributed by atoms with Crippen molar-refractivity contribution in [3.05, 3.63) is 132 Å². The summed E-state index contributed by atoms with van der Waals surface area (Å²) in [6.07, 6.45) is 2.03. The second-order valence-corrected chi connectivity index (χ2v) is 7.19. The Hall–Kier alpha value is -3.38. The number of aryl methyl sites for hydroxylation is 1. The molecule has 0 amide bonds. The normalized spacial score (nSPS) is 11.8. The Labute approximate surface area is 167 Å². The second kappa shape index (κ2) is 8.10. The van der Waals surface area contributed by atoms with E-state index in [2.05, 4.69) is 117 Å². The molecule has 0 fully saturated rings. The third-order valence-corrected chi connectivity index (χ3v) is 5.24. The minimum atomic E-state index is 0.177. The van der Waals surface area contributed by atoms with Gasteiger partial charge in [-0.05, 0) is 40.3 Å². The smallest absolute Gasteiger partial charge is 0.0267 e. The molecular formula is C28H24. The molecule has 136 valence electrons. The average molecular weight is 361 g/mol. The number of hydrogen-bond donors (Lipinski definition) is 0. The van der Waals surface area contributed by atoms with Gasteiger partial charge in [0.1, 0.15) is 0 Å². The molecule has 0 heteroatoms. The van der Waals surface area contributed by atoms with Gasteiger partial charge in [0.25, 0.3) is 0 Å². The van der Waals surface area contributed by atoms with Gasteiger partial charge in [0, 0.05) is 5.92 Å². The van der Waals surface area contributed by atoms with Crippen LogP contribution in [-0.2, 0) is 0 Å². The molecule has 28 heavy (non-hydrogen) atoms. The van der Waals surface area contributed by atoms with E-state index < -0.39 is 0 Å². The predicted molar refractivity (Wildman–Crippen MR) is 121 cm³/mol. The first kappa shape index (κ1) is 18.0. The summed E-state index contributed by atoms with van der Waals surface area (Å²) >= 11 is 0. The van der Waals surface area contributed by atoms with Crippen LogP contribution < -0.4 is 0 Å². The molecule has 0 saturated heterocycles. The zero-order valence-electron chi connectivity index (χ0n) is 16.2. The lowest BCUT2D eigenvalue weighted by Crippen LogP contribution is -1.98. The maximum Gasteiger partial charge on any atom is 0.0267 e. The minimum Gasteiger partial charge on any atom is -0.102 e. The van der Waals surface area contributed by atoms with Gasteiger partial charge in [0.15, 0.2) is 0 Å². The monoisotopic (exact) mass is 360 g/mol. The van der Waals surface area contributed by atoms with Crippen molar-refractivity contribution < 1.29 is 0 Å². The SMILES string of the molecule is C=CC(c1ccc(-c2ccc(C)cc2)cc1)c1cccc(-c2ccccc2)c1. The zero-order chi connectivity index (χ0) is 19.3. The number of hydrogen-bond acceptors (Lipinski definition) is 0. The lowest BCUT2D eigenvalue weighted by Gasteiger charge is -2.16. The van der Waals surface area contributed by atoms with Gasteiger partial charge in [-0.15, -0.1) is 6.58 Å². The molecule has 0 N–H and O–H groups in total. The molecule has 0 aromatic heterocycles. The number of benzene rings is 4. The highest BCUT2D eigenvalue weighted by Gasteiger charge is 2.12. The van der Waals surface area contributed by atoms with Crippen molar-refractivity contribution in [1.82, 2.24) is 0 Å². The molecule has 1 unspecified atom stereocenters. The molecule has 0 saturated carbocycles. The van der Waals surface area contributed by atoms with Gasteiger partial charge in [-0.3, -0.25) is 0 Å². The largest absolute Gasteiger partial charge is 0.102 e. The molecular weight excluding hydrogens is 336 g/mol. The van der Waals surface area contributed by atoms with E-state index >= 15 is 0 Å². The van der Waals surface area contributed by atoms with E-state index in [-0.39, 0.29) is 5.92 Å². The molecule has 4 aromatic carbocycles. The van der Waals surface area contributed by atoms with E-state index in [0.29, 0.717) is 0 Å². The molecule has 0 nitrogen and oxygen atoms in total. The third kappa shape index (κ3) is 3.82. The molecule has 0 spiro atoms. The van der Waals surface area contributed by atoms with Gasteiger partial charge in [-0.2, -0.15) is 0 Å². The highest BCUT2D eigenvalue weighted by molar-refractivity contribution is 5.66. The molecule has 0 aliphatic carbocycles.